The van der Waals surface area contributed by atoms with Crippen LogP contribution in [-0.2, 0) is 4.74 Å². The summed E-state index contributed by atoms with van der Waals surface area (Å²) in [5.41, 5.74) is 8.52. The van der Waals surface area contributed by atoms with Crippen LogP contribution in [0.15, 0.2) is 24.3 Å². The van der Waals surface area contributed by atoms with E-state index in [0.717, 1.165) is 18.8 Å². The fraction of sp³-hybridized carbons (Fsp3) is 0.600. The van der Waals surface area contributed by atoms with Crippen LogP contribution in [0, 0.1) is 0 Å². The van der Waals surface area contributed by atoms with Crippen molar-refractivity contribution >= 4 is 0 Å². The number of rotatable bonds is 3. The molecule has 1 aliphatic heterocycles. The van der Waals surface area contributed by atoms with Crippen LogP contribution in [0.1, 0.15) is 55.3 Å². The van der Waals surface area contributed by atoms with Crippen molar-refractivity contribution in [2.24, 2.45) is 5.73 Å². The molecule has 1 saturated carbocycles. The summed E-state index contributed by atoms with van der Waals surface area (Å²) in [5, 5.41) is 0. The average Bonchev–Trinajstić information content (AvgIpc) is 2.75. The smallest absolute Gasteiger partial charge is 0.0830 e. The Kier molecular flexibility index (Phi) is 3.17. The second-order valence-corrected chi connectivity index (χ2v) is 5.36. The quantitative estimate of drug-likeness (QED) is 0.867. The lowest BCUT2D eigenvalue weighted by Crippen LogP contribution is -2.18. The van der Waals surface area contributed by atoms with E-state index in [-0.39, 0.29) is 12.2 Å². The van der Waals surface area contributed by atoms with Crippen LogP contribution >= 0.6 is 0 Å². The summed E-state index contributed by atoms with van der Waals surface area (Å²) in [6.07, 6.45) is 6.89. The topological polar surface area (TPSA) is 35.2 Å². The molecule has 92 valence electrons. The van der Waals surface area contributed by atoms with E-state index >= 15 is 0 Å². The fourth-order valence-electron chi connectivity index (χ4n) is 2.88. The predicted molar refractivity (Wildman–Crippen MR) is 68.9 cm³/mol. The van der Waals surface area contributed by atoms with Gasteiger partial charge in [-0.15, -0.1) is 0 Å². The van der Waals surface area contributed by atoms with Crippen molar-refractivity contribution in [2.45, 2.75) is 50.2 Å². The minimum absolute atomic E-state index is 0.271. The molecule has 2 N–H and O–H groups in total. The molecule has 2 nitrogen and oxygen atoms in total. The average molecular weight is 231 g/mol. The number of nitrogens with two attached hydrogens (primary N) is 1. The second kappa shape index (κ2) is 4.79. The van der Waals surface area contributed by atoms with Gasteiger partial charge in [0, 0.05) is 6.54 Å². The van der Waals surface area contributed by atoms with E-state index < -0.39 is 0 Å². The highest BCUT2D eigenvalue weighted by atomic mass is 16.5. The molecule has 1 aliphatic carbocycles. The lowest BCUT2D eigenvalue weighted by molar-refractivity contribution is 0.0498. The fourth-order valence-corrected chi connectivity index (χ4v) is 2.88. The minimum atomic E-state index is 0.271. The van der Waals surface area contributed by atoms with Gasteiger partial charge in [-0.1, -0.05) is 30.7 Å². The van der Waals surface area contributed by atoms with Crippen LogP contribution in [0.5, 0.6) is 0 Å². The molecule has 2 heteroatoms. The molecule has 1 heterocycles. The summed E-state index contributed by atoms with van der Waals surface area (Å²) in [7, 11) is 0. The second-order valence-electron chi connectivity index (χ2n) is 5.36. The van der Waals surface area contributed by atoms with E-state index in [1.165, 1.54) is 30.4 Å². The molecule has 17 heavy (non-hydrogen) atoms. The molecule has 0 radical (unpaired) electrons. The van der Waals surface area contributed by atoms with Gasteiger partial charge in [0.25, 0.3) is 0 Å². The van der Waals surface area contributed by atoms with Gasteiger partial charge in [0.1, 0.15) is 0 Å². The third kappa shape index (κ3) is 2.24. The van der Waals surface area contributed by atoms with Crippen LogP contribution < -0.4 is 5.73 Å². The Morgan fingerprint density at radius 2 is 1.94 bits per heavy atom. The first kappa shape index (κ1) is 11.2. The summed E-state index contributed by atoms with van der Waals surface area (Å²) in [4.78, 5) is 0. The highest BCUT2D eigenvalue weighted by Crippen LogP contribution is 2.39. The molecule has 1 aromatic carbocycles. The van der Waals surface area contributed by atoms with E-state index in [1.807, 2.05) is 0 Å². The van der Waals surface area contributed by atoms with Gasteiger partial charge < -0.3 is 10.5 Å². The van der Waals surface area contributed by atoms with Gasteiger partial charge in [-0.05, 0) is 42.7 Å². The van der Waals surface area contributed by atoms with Crippen molar-refractivity contribution in [1.82, 2.24) is 0 Å². The molecule has 0 unspecified atom stereocenters. The highest BCUT2D eigenvalue weighted by Gasteiger charge is 2.26. The lowest BCUT2D eigenvalue weighted by Gasteiger charge is -2.26. The first-order valence-corrected chi connectivity index (χ1v) is 6.82. The molecule has 3 rings (SSSR count). The number of hydrogen-bond donors (Lipinski definition) is 1. The van der Waals surface area contributed by atoms with E-state index in [1.54, 1.807) is 0 Å². The monoisotopic (exact) mass is 231 g/mol. The Hall–Kier alpha value is -0.860. The molecule has 0 bridgehead atoms. The molecular formula is C15H21NO. The van der Waals surface area contributed by atoms with Crippen LogP contribution in [0.2, 0.25) is 0 Å². The Morgan fingerprint density at radius 3 is 2.59 bits per heavy atom. The zero-order valence-electron chi connectivity index (χ0n) is 10.3. The van der Waals surface area contributed by atoms with Gasteiger partial charge in [-0.25, -0.2) is 0 Å². The molecule has 0 aromatic heterocycles. The van der Waals surface area contributed by atoms with Gasteiger partial charge >= 0.3 is 0 Å². The van der Waals surface area contributed by atoms with E-state index in [9.17, 15) is 0 Å². The van der Waals surface area contributed by atoms with Gasteiger partial charge in [0.05, 0.1) is 12.2 Å². The number of benzene rings is 1. The lowest BCUT2D eigenvalue weighted by atomic mass is 9.79. The molecule has 2 atom stereocenters. The maximum atomic E-state index is 5.96. The largest absolute Gasteiger partial charge is 0.369 e. The highest BCUT2D eigenvalue weighted by molar-refractivity contribution is 5.29. The molecule has 0 spiro atoms. The number of ether oxygens (including phenoxy) is 1. The molecule has 2 aliphatic rings. The first-order chi connectivity index (χ1) is 8.36. The Labute approximate surface area is 103 Å². The molecule has 1 aromatic rings. The van der Waals surface area contributed by atoms with Crippen molar-refractivity contribution in [3.8, 4) is 0 Å². The summed E-state index contributed by atoms with van der Waals surface area (Å²) in [6, 6.07) is 9.00. The summed E-state index contributed by atoms with van der Waals surface area (Å²) in [5.74, 6) is 0.807. The molecule has 2 fully saturated rings. The van der Waals surface area contributed by atoms with E-state index in [4.69, 9.17) is 10.5 Å². The summed E-state index contributed by atoms with van der Waals surface area (Å²) in [6.45, 7) is 0.652. The van der Waals surface area contributed by atoms with Crippen molar-refractivity contribution in [1.29, 1.82) is 0 Å². The zero-order valence-corrected chi connectivity index (χ0v) is 10.3. The van der Waals surface area contributed by atoms with Crippen molar-refractivity contribution in [2.75, 3.05) is 6.54 Å². The van der Waals surface area contributed by atoms with E-state index in [2.05, 4.69) is 24.3 Å². The standard InChI is InChI=1S/C15H21NO/c16-10-14-7-8-15(17-14)13-6-2-5-12(9-13)11-3-1-4-11/h2,5-6,9,11,14-15H,1,3-4,7-8,10,16H2/t14-,15+/m0/s1. The Balaban J connectivity index is 1.74. The molecule has 1 saturated heterocycles. The van der Waals surface area contributed by atoms with Crippen LogP contribution in [0.25, 0.3) is 0 Å². The minimum Gasteiger partial charge on any atom is -0.369 e. The number of hydrogen-bond acceptors (Lipinski definition) is 2. The summed E-state index contributed by atoms with van der Waals surface area (Å²) >= 11 is 0. The maximum absolute atomic E-state index is 5.96. The van der Waals surface area contributed by atoms with Crippen LogP contribution in [0.3, 0.4) is 0 Å². The van der Waals surface area contributed by atoms with Gasteiger partial charge in [-0.3, -0.25) is 0 Å². The normalized spacial score (nSPS) is 29.2. The predicted octanol–water partition coefficient (Wildman–Crippen LogP) is 3.13. The van der Waals surface area contributed by atoms with Crippen molar-refractivity contribution in [3.05, 3.63) is 35.4 Å². The first-order valence-electron chi connectivity index (χ1n) is 6.82. The Bertz CT molecular complexity index is 386. The van der Waals surface area contributed by atoms with Gasteiger partial charge in [0.15, 0.2) is 0 Å². The third-order valence-corrected chi connectivity index (χ3v) is 4.23. The van der Waals surface area contributed by atoms with E-state index in [0.29, 0.717) is 6.54 Å². The summed E-state index contributed by atoms with van der Waals surface area (Å²) < 4.78 is 5.96. The maximum Gasteiger partial charge on any atom is 0.0830 e. The van der Waals surface area contributed by atoms with Crippen molar-refractivity contribution in [3.63, 3.8) is 0 Å². The van der Waals surface area contributed by atoms with Gasteiger partial charge in [0.2, 0.25) is 0 Å². The Morgan fingerprint density at radius 1 is 1.12 bits per heavy atom. The van der Waals surface area contributed by atoms with Crippen LogP contribution in [-0.4, -0.2) is 12.6 Å². The third-order valence-electron chi connectivity index (χ3n) is 4.23. The molecular weight excluding hydrogens is 210 g/mol. The zero-order chi connectivity index (χ0) is 11.7. The molecule has 0 amide bonds. The van der Waals surface area contributed by atoms with Gasteiger partial charge in [-0.2, -0.15) is 0 Å². The van der Waals surface area contributed by atoms with Crippen molar-refractivity contribution < 1.29 is 4.74 Å². The SMILES string of the molecule is NC[C@@H]1CC[C@H](c2cccc(C3CCC3)c2)O1. The van der Waals surface area contributed by atoms with Crippen LogP contribution in [0.4, 0.5) is 0 Å².